The number of hydrogen-bond acceptors (Lipinski definition) is 1. The second-order valence-corrected chi connectivity index (χ2v) is 3.99. The molecule has 1 atom stereocenters. The van der Waals surface area contributed by atoms with E-state index in [0.717, 1.165) is 23.7 Å². The Morgan fingerprint density at radius 1 is 1.40 bits per heavy atom. The summed E-state index contributed by atoms with van der Waals surface area (Å²) in [5, 5.41) is 0. The van der Waals surface area contributed by atoms with Crippen molar-refractivity contribution in [1.82, 2.24) is 0 Å². The highest BCUT2D eigenvalue weighted by Gasteiger charge is 2.34. The molecular formula is C8H16NO+. The first kappa shape index (κ1) is 7.73. The molecule has 2 nitrogen and oxygen atoms in total. The van der Waals surface area contributed by atoms with Crippen LogP contribution in [0.3, 0.4) is 0 Å². The fraction of sp³-hybridized carbons (Fsp3) is 0.875. The largest absolute Gasteiger partial charge is 0.322 e. The van der Waals surface area contributed by atoms with Gasteiger partial charge in [-0.15, -0.1) is 0 Å². The molecule has 0 radical (unpaired) electrons. The first-order valence-corrected chi connectivity index (χ1v) is 3.85. The van der Waals surface area contributed by atoms with E-state index in [-0.39, 0.29) is 6.04 Å². The van der Waals surface area contributed by atoms with Crippen molar-refractivity contribution in [1.29, 1.82) is 0 Å². The molecule has 2 heteroatoms. The van der Waals surface area contributed by atoms with Crippen LogP contribution in [-0.4, -0.2) is 37.5 Å². The molecule has 1 aliphatic carbocycles. The van der Waals surface area contributed by atoms with Gasteiger partial charge in [0.15, 0.2) is 5.78 Å². The Hall–Kier alpha value is -0.370. The zero-order valence-electron chi connectivity index (χ0n) is 7.05. The molecule has 0 aromatic carbocycles. The highest BCUT2D eigenvalue weighted by molar-refractivity contribution is 5.84. The summed E-state index contributed by atoms with van der Waals surface area (Å²) in [5.41, 5.74) is 0. The minimum absolute atomic E-state index is 0.278. The molecule has 0 aromatic rings. The lowest BCUT2D eigenvalue weighted by Crippen LogP contribution is -2.47. The number of ketones is 1. The van der Waals surface area contributed by atoms with Gasteiger partial charge in [-0.05, 0) is 6.42 Å². The highest BCUT2D eigenvalue weighted by Crippen LogP contribution is 2.21. The molecule has 0 heterocycles. The molecule has 1 unspecified atom stereocenters. The van der Waals surface area contributed by atoms with Crippen molar-refractivity contribution in [2.24, 2.45) is 0 Å². The molecule has 0 aliphatic heterocycles. The Morgan fingerprint density at radius 3 is 2.20 bits per heavy atom. The lowest BCUT2D eigenvalue weighted by atomic mass is 10.2. The van der Waals surface area contributed by atoms with Crippen molar-refractivity contribution in [2.75, 3.05) is 21.1 Å². The van der Waals surface area contributed by atoms with E-state index in [1.165, 1.54) is 0 Å². The van der Waals surface area contributed by atoms with E-state index in [2.05, 4.69) is 21.1 Å². The molecule has 1 fully saturated rings. The van der Waals surface area contributed by atoms with Crippen molar-refractivity contribution in [3.8, 4) is 0 Å². The predicted octanol–water partition coefficient (Wildman–Crippen LogP) is 0.814. The summed E-state index contributed by atoms with van der Waals surface area (Å²) in [6.45, 7) is 0. The van der Waals surface area contributed by atoms with Crippen molar-refractivity contribution in [3.63, 3.8) is 0 Å². The second-order valence-electron chi connectivity index (χ2n) is 3.99. The van der Waals surface area contributed by atoms with Gasteiger partial charge >= 0.3 is 0 Å². The van der Waals surface area contributed by atoms with Crippen LogP contribution < -0.4 is 0 Å². The number of nitrogens with zero attached hydrogens (tertiary/aromatic N) is 1. The van der Waals surface area contributed by atoms with E-state index in [1.54, 1.807) is 0 Å². The van der Waals surface area contributed by atoms with Crippen LogP contribution in [0.5, 0.6) is 0 Å². The van der Waals surface area contributed by atoms with Gasteiger partial charge in [0.05, 0.1) is 21.1 Å². The van der Waals surface area contributed by atoms with E-state index in [4.69, 9.17) is 0 Å². The Kier molecular flexibility index (Phi) is 1.82. The summed E-state index contributed by atoms with van der Waals surface area (Å²) in [7, 11) is 6.27. The van der Waals surface area contributed by atoms with Gasteiger partial charge in [-0.1, -0.05) is 0 Å². The molecule has 1 rings (SSSR count). The van der Waals surface area contributed by atoms with Gasteiger partial charge in [0, 0.05) is 12.8 Å². The Balaban J connectivity index is 2.64. The zero-order chi connectivity index (χ0) is 7.78. The first-order chi connectivity index (χ1) is 4.52. The average molecular weight is 142 g/mol. The maximum Gasteiger partial charge on any atom is 0.189 e. The SMILES string of the molecule is C[N+](C)(C)C1CCCC1=O. The lowest BCUT2D eigenvalue weighted by molar-refractivity contribution is -0.885. The van der Waals surface area contributed by atoms with Crippen molar-refractivity contribution >= 4 is 5.78 Å². The first-order valence-electron chi connectivity index (χ1n) is 3.85. The Bertz CT molecular complexity index is 146. The molecule has 0 bridgehead atoms. The van der Waals surface area contributed by atoms with E-state index >= 15 is 0 Å². The molecule has 1 saturated carbocycles. The fourth-order valence-electron chi connectivity index (χ4n) is 1.62. The van der Waals surface area contributed by atoms with Crippen LogP contribution in [0.15, 0.2) is 0 Å². The van der Waals surface area contributed by atoms with Crippen LogP contribution in [0.25, 0.3) is 0 Å². The topological polar surface area (TPSA) is 17.1 Å². The van der Waals surface area contributed by atoms with Gasteiger partial charge in [0.1, 0.15) is 6.04 Å². The lowest BCUT2D eigenvalue weighted by Gasteiger charge is -2.29. The van der Waals surface area contributed by atoms with Crippen LogP contribution in [-0.2, 0) is 4.79 Å². The van der Waals surface area contributed by atoms with Gasteiger partial charge in [-0.2, -0.15) is 0 Å². The normalized spacial score (nSPS) is 27.5. The summed E-state index contributed by atoms with van der Waals surface area (Å²) in [5.74, 6) is 0.451. The maximum atomic E-state index is 11.2. The van der Waals surface area contributed by atoms with Gasteiger partial charge < -0.3 is 4.48 Å². The molecular weight excluding hydrogens is 126 g/mol. The molecule has 0 N–H and O–H groups in total. The minimum Gasteiger partial charge on any atom is -0.322 e. The van der Waals surface area contributed by atoms with E-state index < -0.39 is 0 Å². The summed E-state index contributed by atoms with van der Waals surface area (Å²) >= 11 is 0. The number of likely N-dealkylation sites (N-methyl/N-ethyl adjacent to an activating group) is 1. The third kappa shape index (κ3) is 1.37. The van der Waals surface area contributed by atoms with Crippen molar-refractivity contribution in [3.05, 3.63) is 0 Å². The molecule has 58 valence electrons. The molecule has 0 amide bonds. The quantitative estimate of drug-likeness (QED) is 0.495. The average Bonchev–Trinajstić information content (AvgIpc) is 2.11. The minimum atomic E-state index is 0.278. The Labute approximate surface area is 62.4 Å². The highest BCUT2D eigenvalue weighted by atomic mass is 16.1. The van der Waals surface area contributed by atoms with Gasteiger partial charge in [0.25, 0.3) is 0 Å². The number of carbonyl (C=O) groups excluding carboxylic acids is 1. The monoisotopic (exact) mass is 142 g/mol. The number of carbonyl (C=O) groups is 1. The maximum absolute atomic E-state index is 11.2. The summed E-state index contributed by atoms with van der Waals surface area (Å²) < 4.78 is 0.804. The zero-order valence-corrected chi connectivity index (χ0v) is 7.05. The number of Topliss-reactive ketones (excluding diaryl/α,β-unsaturated/α-hetero) is 1. The van der Waals surface area contributed by atoms with Gasteiger partial charge in [0.2, 0.25) is 0 Å². The molecule has 0 spiro atoms. The van der Waals surface area contributed by atoms with Crippen LogP contribution in [0.2, 0.25) is 0 Å². The fourth-order valence-corrected chi connectivity index (χ4v) is 1.62. The molecule has 0 aromatic heterocycles. The van der Waals surface area contributed by atoms with E-state index in [9.17, 15) is 4.79 Å². The third-order valence-corrected chi connectivity index (χ3v) is 2.21. The van der Waals surface area contributed by atoms with Gasteiger partial charge in [-0.25, -0.2) is 0 Å². The van der Waals surface area contributed by atoms with Crippen molar-refractivity contribution in [2.45, 2.75) is 25.3 Å². The second kappa shape index (κ2) is 2.35. The Morgan fingerprint density at radius 2 is 2.00 bits per heavy atom. The smallest absolute Gasteiger partial charge is 0.189 e. The standard InChI is InChI=1S/C8H16NO/c1-9(2,3)7-5-4-6-8(7)10/h7H,4-6H2,1-3H3/q+1. The van der Waals surface area contributed by atoms with Gasteiger partial charge in [-0.3, -0.25) is 4.79 Å². The number of hydrogen-bond donors (Lipinski definition) is 0. The van der Waals surface area contributed by atoms with Crippen LogP contribution >= 0.6 is 0 Å². The van der Waals surface area contributed by atoms with Crippen LogP contribution in [0, 0.1) is 0 Å². The molecule has 0 saturated heterocycles. The molecule has 10 heavy (non-hydrogen) atoms. The summed E-state index contributed by atoms with van der Waals surface area (Å²) in [6, 6.07) is 0.278. The number of rotatable bonds is 1. The van der Waals surface area contributed by atoms with Crippen molar-refractivity contribution < 1.29 is 9.28 Å². The number of quaternary nitrogens is 1. The predicted molar refractivity (Wildman–Crippen MR) is 40.7 cm³/mol. The van der Waals surface area contributed by atoms with Crippen LogP contribution in [0.1, 0.15) is 19.3 Å². The summed E-state index contributed by atoms with van der Waals surface area (Å²) in [4.78, 5) is 11.2. The van der Waals surface area contributed by atoms with E-state index in [1.807, 2.05) is 0 Å². The van der Waals surface area contributed by atoms with Crippen LogP contribution in [0.4, 0.5) is 0 Å². The van der Waals surface area contributed by atoms with E-state index in [0.29, 0.717) is 5.78 Å². The molecule has 1 aliphatic rings. The summed E-state index contributed by atoms with van der Waals surface area (Å²) in [6.07, 6.45) is 2.99. The third-order valence-electron chi connectivity index (χ3n) is 2.21.